The maximum absolute atomic E-state index is 12.5. The van der Waals surface area contributed by atoms with Crippen LogP contribution in [0.2, 0.25) is 0 Å². The van der Waals surface area contributed by atoms with Gasteiger partial charge in [-0.05, 0) is 36.8 Å². The minimum absolute atomic E-state index is 0.0673. The van der Waals surface area contributed by atoms with Gasteiger partial charge in [-0.1, -0.05) is 45.0 Å². The van der Waals surface area contributed by atoms with Crippen LogP contribution in [0.15, 0.2) is 54.6 Å². The summed E-state index contributed by atoms with van der Waals surface area (Å²) < 4.78 is 5.74. The Morgan fingerprint density at radius 1 is 0.920 bits per heavy atom. The van der Waals surface area contributed by atoms with Crippen LogP contribution in [0.3, 0.4) is 0 Å². The number of hydrogen-bond acceptors (Lipinski definition) is 3. The fourth-order valence-electron chi connectivity index (χ4n) is 2.17. The molecule has 5 nitrogen and oxygen atoms in total. The largest absolute Gasteiger partial charge is 0.481 e. The van der Waals surface area contributed by atoms with Gasteiger partial charge in [0.2, 0.25) is 5.91 Å². The van der Waals surface area contributed by atoms with Crippen molar-refractivity contribution in [3.63, 3.8) is 0 Å². The number of benzene rings is 2. The Balaban J connectivity index is 2.02. The van der Waals surface area contributed by atoms with E-state index in [1.54, 1.807) is 24.3 Å². The molecule has 2 aromatic rings. The van der Waals surface area contributed by atoms with Crippen molar-refractivity contribution in [3.8, 4) is 5.75 Å². The Morgan fingerprint density at radius 2 is 1.52 bits per heavy atom. The second-order valence-electron chi connectivity index (χ2n) is 6.04. The van der Waals surface area contributed by atoms with E-state index < -0.39 is 6.10 Å². The number of para-hydroxylation sites is 1. The normalized spacial score (nSPS) is 11.7. The Labute approximate surface area is 148 Å². The smallest absolute Gasteiger partial charge is 0.265 e. The summed E-state index contributed by atoms with van der Waals surface area (Å²) in [6.07, 6.45) is -0.0406. The first-order valence-corrected chi connectivity index (χ1v) is 8.43. The fraction of sp³-hybridized carbons (Fsp3) is 0.300. The summed E-state index contributed by atoms with van der Waals surface area (Å²) in [5.41, 5.74) is 1.26. The van der Waals surface area contributed by atoms with Crippen LogP contribution in [-0.4, -0.2) is 17.9 Å². The third-order valence-electron chi connectivity index (χ3n) is 3.61. The predicted octanol–water partition coefficient (Wildman–Crippen LogP) is 4.08. The number of amides is 2. The topological polar surface area (TPSA) is 67.4 Å². The van der Waals surface area contributed by atoms with Gasteiger partial charge < -0.3 is 15.4 Å². The number of nitrogens with one attached hydrogen (secondary N) is 2. The van der Waals surface area contributed by atoms with E-state index in [1.165, 1.54) is 0 Å². The van der Waals surface area contributed by atoms with Gasteiger partial charge in [-0.3, -0.25) is 9.59 Å². The highest BCUT2D eigenvalue weighted by Gasteiger charge is 2.18. The second kappa shape index (κ2) is 8.87. The lowest BCUT2D eigenvalue weighted by Crippen LogP contribution is -2.32. The average Bonchev–Trinajstić information content (AvgIpc) is 2.60. The van der Waals surface area contributed by atoms with Crippen LogP contribution in [-0.2, 0) is 9.59 Å². The SMILES string of the molecule is CCC(Oc1ccccc1)C(=O)Nc1cccc(NC(=O)C(C)C)c1. The molecule has 2 rings (SSSR count). The number of hydrogen-bond donors (Lipinski definition) is 2. The third kappa shape index (κ3) is 5.64. The molecule has 0 aliphatic carbocycles. The molecule has 0 heterocycles. The molecular weight excluding hydrogens is 316 g/mol. The number of rotatable bonds is 7. The average molecular weight is 340 g/mol. The first-order chi connectivity index (χ1) is 12.0. The summed E-state index contributed by atoms with van der Waals surface area (Å²) >= 11 is 0. The molecule has 132 valence electrons. The zero-order valence-electron chi connectivity index (χ0n) is 14.8. The van der Waals surface area contributed by atoms with Crippen LogP contribution in [0.1, 0.15) is 27.2 Å². The molecule has 5 heteroatoms. The maximum Gasteiger partial charge on any atom is 0.265 e. The summed E-state index contributed by atoms with van der Waals surface area (Å²) in [4.78, 5) is 24.3. The number of carbonyl (C=O) groups excluding carboxylic acids is 2. The van der Waals surface area contributed by atoms with Gasteiger partial charge in [0.05, 0.1) is 0 Å². The highest BCUT2D eigenvalue weighted by atomic mass is 16.5. The van der Waals surface area contributed by atoms with E-state index in [2.05, 4.69) is 10.6 Å². The Hall–Kier alpha value is -2.82. The lowest BCUT2D eigenvalue weighted by molar-refractivity contribution is -0.122. The highest BCUT2D eigenvalue weighted by molar-refractivity contribution is 5.96. The van der Waals surface area contributed by atoms with Gasteiger partial charge >= 0.3 is 0 Å². The van der Waals surface area contributed by atoms with Gasteiger partial charge in [-0.2, -0.15) is 0 Å². The van der Waals surface area contributed by atoms with Crippen LogP contribution in [0.25, 0.3) is 0 Å². The molecule has 25 heavy (non-hydrogen) atoms. The second-order valence-corrected chi connectivity index (χ2v) is 6.04. The summed E-state index contributed by atoms with van der Waals surface area (Å²) in [6, 6.07) is 16.3. The predicted molar refractivity (Wildman–Crippen MR) is 99.7 cm³/mol. The Morgan fingerprint density at radius 3 is 2.08 bits per heavy atom. The molecule has 0 aromatic heterocycles. The quantitative estimate of drug-likeness (QED) is 0.798. The first-order valence-electron chi connectivity index (χ1n) is 8.43. The molecule has 2 aromatic carbocycles. The number of carbonyl (C=O) groups is 2. The molecule has 0 bridgehead atoms. The minimum Gasteiger partial charge on any atom is -0.481 e. The van der Waals surface area contributed by atoms with Gasteiger partial charge in [0.15, 0.2) is 6.10 Å². The third-order valence-corrected chi connectivity index (χ3v) is 3.61. The fourth-order valence-corrected chi connectivity index (χ4v) is 2.17. The van der Waals surface area contributed by atoms with Crippen LogP contribution in [0.4, 0.5) is 11.4 Å². The highest BCUT2D eigenvalue weighted by Crippen LogP contribution is 2.18. The molecule has 0 saturated carbocycles. The van der Waals surface area contributed by atoms with E-state index in [4.69, 9.17) is 4.74 Å². The van der Waals surface area contributed by atoms with Crippen molar-refractivity contribution in [2.75, 3.05) is 10.6 Å². The Kier molecular flexibility index (Phi) is 6.57. The van der Waals surface area contributed by atoms with E-state index in [1.807, 2.05) is 51.1 Å². The first kappa shape index (κ1) is 18.5. The zero-order valence-corrected chi connectivity index (χ0v) is 14.8. The zero-order chi connectivity index (χ0) is 18.2. The monoisotopic (exact) mass is 340 g/mol. The van der Waals surface area contributed by atoms with Crippen molar-refractivity contribution in [2.24, 2.45) is 5.92 Å². The van der Waals surface area contributed by atoms with Crippen LogP contribution in [0.5, 0.6) is 5.75 Å². The molecule has 1 atom stereocenters. The van der Waals surface area contributed by atoms with E-state index in [-0.39, 0.29) is 17.7 Å². The number of ether oxygens (including phenoxy) is 1. The van der Waals surface area contributed by atoms with Gasteiger partial charge in [-0.25, -0.2) is 0 Å². The molecule has 0 fully saturated rings. The lowest BCUT2D eigenvalue weighted by atomic mass is 10.2. The van der Waals surface area contributed by atoms with Gasteiger partial charge in [-0.15, -0.1) is 0 Å². The number of anilines is 2. The van der Waals surface area contributed by atoms with E-state index in [0.717, 1.165) is 0 Å². The summed E-state index contributed by atoms with van der Waals surface area (Å²) in [5, 5.41) is 5.66. The Bertz CT molecular complexity index is 714. The van der Waals surface area contributed by atoms with Crippen LogP contribution in [0, 0.1) is 5.92 Å². The summed E-state index contributed by atoms with van der Waals surface area (Å²) in [5.74, 6) is 0.255. The van der Waals surface area contributed by atoms with Crippen molar-refractivity contribution >= 4 is 23.2 Å². The molecule has 1 unspecified atom stereocenters. The molecular formula is C20H24N2O3. The molecule has 0 radical (unpaired) electrons. The van der Waals surface area contributed by atoms with Gasteiger partial charge in [0.1, 0.15) is 5.75 Å². The molecule has 2 amide bonds. The molecule has 0 aliphatic rings. The summed E-state index contributed by atoms with van der Waals surface area (Å²) in [7, 11) is 0. The molecule has 2 N–H and O–H groups in total. The minimum atomic E-state index is -0.587. The van der Waals surface area contributed by atoms with Crippen molar-refractivity contribution < 1.29 is 14.3 Å². The van der Waals surface area contributed by atoms with Crippen molar-refractivity contribution in [2.45, 2.75) is 33.3 Å². The van der Waals surface area contributed by atoms with E-state index in [9.17, 15) is 9.59 Å². The van der Waals surface area contributed by atoms with Crippen LogP contribution >= 0.6 is 0 Å². The van der Waals surface area contributed by atoms with Crippen LogP contribution < -0.4 is 15.4 Å². The van der Waals surface area contributed by atoms with Gasteiger partial charge in [0, 0.05) is 17.3 Å². The molecule has 0 aliphatic heterocycles. The summed E-state index contributed by atoms with van der Waals surface area (Å²) in [6.45, 7) is 5.55. The van der Waals surface area contributed by atoms with E-state index >= 15 is 0 Å². The van der Waals surface area contributed by atoms with Crippen molar-refractivity contribution in [1.82, 2.24) is 0 Å². The maximum atomic E-state index is 12.5. The molecule has 0 saturated heterocycles. The standard InChI is InChI=1S/C20H24N2O3/c1-4-18(25-17-11-6-5-7-12-17)20(24)22-16-10-8-9-15(13-16)21-19(23)14(2)3/h5-14,18H,4H2,1-3H3,(H,21,23)(H,22,24). The van der Waals surface area contributed by atoms with Crippen molar-refractivity contribution in [3.05, 3.63) is 54.6 Å². The van der Waals surface area contributed by atoms with E-state index in [0.29, 0.717) is 23.5 Å². The lowest BCUT2D eigenvalue weighted by Gasteiger charge is -2.17. The van der Waals surface area contributed by atoms with Gasteiger partial charge in [0.25, 0.3) is 5.91 Å². The molecule has 0 spiro atoms. The van der Waals surface area contributed by atoms with Crippen molar-refractivity contribution in [1.29, 1.82) is 0 Å².